The summed E-state index contributed by atoms with van der Waals surface area (Å²) in [4.78, 5) is 17.4. The molecule has 0 saturated heterocycles. The molecule has 0 aliphatic heterocycles. The Kier molecular flexibility index (Phi) is 5.65. The largest absolute Gasteiger partial charge is 0.402 e. The van der Waals surface area contributed by atoms with Gasteiger partial charge < -0.3 is 4.42 Å². The molecule has 0 aliphatic rings. The maximum Gasteiger partial charge on any atom is 0.322 e. The molecule has 2 aromatic rings. The van der Waals surface area contributed by atoms with E-state index in [4.69, 9.17) is 4.42 Å². The van der Waals surface area contributed by atoms with Crippen LogP contribution in [-0.4, -0.2) is 21.1 Å². The van der Waals surface area contributed by atoms with Gasteiger partial charge in [0.2, 0.25) is 5.91 Å². The van der Waals surface area contributed by atoms with Crippen LogP contribution in [0.25, 0.3) is 10.8 Å². The lowest BCUT2D eigenvalue weighted by Gasteiger charge is -2.12. The van der Waals surface area contributed by atoms with Crippen molar-refractivity contribution in [2.75, 3.05) is 5.32 Å². The molecule has 0 unspecified atom stereocenters. The first-order chi connectivity index (χ1) is 10.5. The van der Waals surface area contributed by atoms with Gasteiger partial charge in [-0.3, -0.25) is 10.1 Å². The molecule has 0 fully saturated rings. The molecule has 2 rings (SSSR count). The fourth-order valence-electron chi connectivity index (χ4n) is 2.41. The topological polar surface area (TPSA) is 80.9 Å². The summed E-state index contributed by atoms with van der Waals surface area (Å²) in [5, 5.41) is 11.6. The fourth-order valence-corrected chi connectivity index (χ4v) is 3.25. The van der Waals surface area contributed by atoms with Gasteiger partial charge in [-0.05, 0) is 26.7 Å². The van der Waals surface area contributed by atoms with Gasteiger partial charge in [0, 0.05) is 5.92 Å². The highest BCUT2D eigenvalue weighted by Gasteiger charge is 2.20. The average Bonchev–Trinajstić information content (AvgIpc) is 3.05. The predicted octanol–water partition coefficient (Wildman–Crippen LogP) is 3.96. The van der Waals surface area contributed by atoms with Crippen molar-refractivity contribution in [1.82, 2.24) is 15.2 Å². The summed E-state index contributed by atoms with van der Waals surface area (Å²) in [5.74, 6) is 0.356. The number of hydrogen-bond acceptors (Lipinski definition) is 6. The average molecular weight is 322 g/mol. The van der Waals surface area contributed by atoms with E-state index in [9.17, 15) is 4.79 Å². The second-order valence-corrected chi connectivity index (χ2v) is 6.53. The van der Waals surface area contributed by atoms with Crippen molar-refractivity contribution in [3.05, 3.63) is 10.7 Å². The van der Waals surface area contributed by atoms with Crippen molar-refractivity contribution in [2.24, 2.45) is 5.92 Å². The Labute approximate surface area is 134 Å². The Morgan fingerprint density at radius 1 is 1.23 bits per heavy atom. The minimum absolute atomic E-state index is 0.00210. The van der Waals surface area contributed by atoms with Crippen LogP contribution in [0.2, 0.25) is 0 Å². The molecular weight excluding hydrogens is 300 g/mol. The minimum atomic E-state index is -0.0453. The highest BCUT2D eigenvalue weighted by Crippen LogP contribution is 2.29. The van der Waals surface area contributed by atoms with E-state index in [1.165, 1.54) is 11.3 Å². The first-order valence-electron chi connectivity index (χ1n) is 7.63. The molecule has 22 heavy (non-hydrogen) atoms. The molecule has 0 aromatic carbocycles. The van der Waals surface area contributed by atoms with Crippen molar-refractivity contribution >= 4 is 23.3 Å². The number of carbonyl (C=O) groups is 1. The van der Waals surface area contributed by atoms with Crippen LogP contribution in [0.4, 0.5) is 6.01 Å². The first kappa shape index (κ1) is 16.6. The maximum atomic E-state index is 12.3. The third kappa shape index (κ3) is 3.91. The van der Waals surface area contributed by atoms with Crippen molar-refractivity contribution in [2.45, 2.75) is 53.4 Å². The molecule has 120 valence electrons. The lowest BCUT2D eigenvalue weighted by molar-refractivity contribution is -0.120. The van der Waals surface area contributed by atoms with Crippen LogP contribution in [0.15, 0.2) is 4.42 Å². The van der Waals surface area contributed by atoms with Gasteiger partial charge in [-0.2, -0.15) is 0 Å². The Morgan fingerprint density at radius 2 is 1.91 bits per heavy atom. The van der Waals surface area contributed by atoms with Crippen LogP contribution in [-0.2, 0) is 4.79 Å². The number of aryl methyl sites for hydroxylation is 2. The van der Waals surface area contributed by atoms with E-state index in [1.54, 1.807) is 0 Å². The highest BCUT2D eigenvalue weighted by atomic mass is 32.1. The Hall–Kier alpha value is -1.76. The molecule has 1 amide bonds. The van der Waals surface area contributed by atoms with Crippen molar-refractivity contribution < 1.29 is 9.21 Å². The van der Waals surface area contributed by atoms with Crippen molar-refractivity contribution in [3.8, 4) is 10.8 Å². The van der Waals surface area contributed by atoms with Crippen molar-refractivity contribution in [1.29, 1.82) is 0 Å². The number of anilines is 1. The van der Waals surface area contributed by atoms with Gasteiger partial charge in [0.15, 0.2) is 0 Å². The smallest absolute Gasteiger partial charge is 0.322 e. The van der Waals surface area contributed by atoms with Crippen LogP contribution in [0, 0.1) is 19.8 Å². The quantitative estimate of drug-likeness (QED) is 0.834. The molecule has 0 aliphatic carbocycles. The monoisotopic (exact) mass is 322 g/mol. The number of amides is 1. The summed E-state index contributed by atoms with van der Waals surface area (Å²) in [5.41, 5.74) is 0.860. The molecular formula is C15H22N4O2S. The number of thiazole rings is 1. The molecule has 7 heteroatoms. The van der Waals surface area contributed by atoms with Gasteiger partial charge >= 0.3 is 6.01 Å². The van der Waals surface area contributed by atoms with Gasteiger partial charge in [0.05, 0.1) is 10.7 Å². The summed E-state index contributed by atoms with van der Waals surface area (Å²) < 4.78 is 5.56. The summed E-state index contributed by atoms with van der Waals surface area (Å²) in [7, 11) is 0. The molecule has 0 radical (unpaired) electrons. The molecule has 0 atom stereocenters. The minimum Gasteiger partial charge on any atom is -0.402 e. The van der Waals surface area contributed by atoms with Gasteiger partial charge in [0.1, 0.15) is 4.88 Å². The second-order valence-electron chi connectivity index (χ2n) is 5.32. The van der Waals surface area contributed by atoms with E-state index in [1.807, 2.05) is 13.8 Å². The van der Waals surface area contributed by atoms with Gasteiger partial charge in [-0.15, -0.1) is 16.4 Å². The Morgan fingerprint density at radius 3 is 2.45 bits per heavy atom. The number of hydrogen-bond donors (Lipinski definition) is 1. The van der Waals surface area contributed by atoms with Crippen molar-refractivity contribution in [3.63, 3.8) is 0 Å². The summed E-state index contributed by atoms with van der Waals surface area (Å²) in [6.07, 6.45) is 3.70. The molecule has 0 saturated carbocycles. The van der Waals surface area contributed by atoms with Crippen LogP contribution >= 0.6 is 11.3 Å². The molecule has 6 nitrogen and oxygen atoms in total. The fraction of sp³-hybridized carbons (Fsp3) is 0.600. The number of carbonyl (C=O) groups excluding carboxylic acids is 1. The van der Waals surface area contributed by atoms with Crippen LogP contribution < -0.4 is 5.32 Å². The van der Waals surface area contributed by atoms with E-state index in [0.29, 0.717) is 5.89 Å². The number of nitrogens with zero attached hydrogens (tertiary/aromatic N) is 3. The third-order valence-corrected chi connectivity index (χ3v) is 4.46. The number of nitrogens with one attached hydrogen (secondary N) is 1. The van der Waals surface area contributed by atoms with Gasteiger partial charge in [-0.25, -0.2) is 4.98 Å². The van der Waals surface area contributed by atoms with E-state index in [0.717, 1.165) is 41.3 Å². The van der Waals surface area contributed by atoms with Gasteiger partial charge in [0.25, 0.3) is 5.89 Å². The Balaban J connectivity index is 2.08. The summed E-state index contributed by atoms with van der Waals surface area (Å²) in [6, 6.07) is 0.155. The zero-order valence-electron chi connectivity index (χ0n) is 13.5. The van der Waals surface area contributed by atoms with Crippen LogP contribution in [0.1, 0.15) is 50.2 Å². The van der Waals surface area contributed by atoms with Crippen LogP contribution in [0.3, 0.4) is 0 Å². The molecule has 0 bridgehead atoms. The summed E-state index contributed by atoms with van der Waals surface area (Å²) in [6.45, 7) is 7.99. The zero-order valence-corrected chi connectivity index (χ0v) is 14.3. The molecule has 0 spiro atoms. The zero-order chi connectivity index (χ0) is 16.1. The maximum absolute atomic E-state index is 12.3. The molecule has 1 N–H and O–H groups in total. The first-order valence-corrected chi connectivity index (χ1v) is 8.45. The lowest BCUT2D eigenvalue weighted by Crippen LogP contribution is -2.22. The molecule has 2 aromatic heterocycles. The summed E-state index contributed by atoms with van der Waals surface area (Å²) >= 11 is 1.50. The standard InChI is InChI=1S/C15H22N4O2S/c1-5-7-11(8-6-2)13(20)17-15-19-18-14(21-15)12-9(3)16-10(4)22-12/h11H,5-8H2,1-4H3,(H,17,19,20). The second kappa shape index (κ2) is 7.49. The van der Waals surface area contributed by atoms with Gasteiger partial charge in [-0.1, -0.05) is 31.8 Å². The Bertz CT molecular complexity index is 629. The third-order valence-electron chi connectivity index (χ3n) is 3.40. The molecule has 2 heterocycles. The predicted molar refractivity (Wildman–Crippen MR) is 86.8 cm³/mol. The normalized spacial score (nSPS) is 11.1. The number of aromatic nitrogens is 3. The highest BCUT2D eigenvalue weighted by molar-refractivity contribution is 7.15. The SMILES string of the molecule is CCCC(CCC)C(=O)Nc1nnc(-c2sc(C)nc2C)o1. The van der Waals surface area contributed by atoms with E-state index >= 15 is 0 Å². The number of rotatable bonds is 7. The lowest BCUT2D eigenvalue weighted by atomic mass is 9.97. The van der Waals surface area contributed by atoms with E-state index < -0.39 is 0 Å². The van der Waals surface area contributed by atoms with E-state index in [2.05, 4.69) is 34.3 Å². The van der Waals surface area contributed by atoms with Crippen LogP contribution in [0.5, 0.6) is 0 Å². The van der Waals surface area contributed by atoms with E-state index in [-0.39, 0.29) is 17.8 Å².